The molecule has 0 atom stereocenters. The number of benzene rings is 2. The number of thiazole rings is 1. The van der Waals surface area contributed by atoms with E-state index in [1.165, 1.54) is 12.1 Å². The first-order valence-electron chi connectivity index (χ1n) is 5.53. The van der Waals surface area contributed by atoms with E-state index >= 15 is 0 Å². The summed E-state index contributed by atoms with van der Waals surface area (Å²) in [6.45, 7) is 0. The summed E-state index contributed by atoms with van der Waals surface area (Å²) in [5.74, 6) is -0.0173. The molecule has 2 nitrogen and oxygen atoms in total. The van der Waals surface area contributed by atoms with Gasteiger partial charge in [0, 0.05) is 12.5 Å². The van der Waals surface area contributed by atoms with Crippen LogP contribution in [0.2, 0.25) is 0 Å². The first kappa shape index (κ1) is 11.2. The molecule has 90 valence electrons. The molecule has 4 heteroatoms. The van der Waals surface area contributed by atoms with Gasteiger partial charge in [0.1, 0.15) is 11.6 Å². The topological polar surface area (TPSA) is 33.1 Å². The number of aromatic hydroxyl groups is 1. The highest BCUT2D eigenvalue weighted by Crippen LogP contribution is 2.25. The van der Waals surface area contributed by atoms with Gasteiger partial charge < -0.3 is 5.11 Å². The molecule has 1 N–H and O–H groups in total. The lowest BCUT2D eigenvalue weighted by atomic mass is 10.1. The molecular formula is C14H10FNOS. The minimum atomic E-state index is -0.267. The molecule has 0 aliphatic carbocycles. The monoisotopic (exact) mass is 259 g/mol. The van der Waals surface area contributed by atoms with Gasteiger partial charge in [-0.25, -0.2) is 9.37 Å². The second-order valence-electron chi connectivity index (χ2n) is 4.07. The Kier molecular flexibility index (Phi) is 2.72. The molecule has 0 amide bonds. The van der Waals surface area contributed by atoms with Crippen LogP contribution in [0.4, 0.5) is 4.39 Å². The Labute approximate surface area is 107 Å². The van der Waals surface area contributed by atoms with Crippen LogP contribution in [-0.4, -0.2) is 10.1 Å². The molecule has 0 saturated carbocycles. The normalized spacial score (nSPS) is 10.9. The summed E-state index contributed by atoms with van der Waals surface area (Å²) in [6.07, 6.45) is 0.648. The van der Waals surface area contributed by atoms with Crippen LogP contribution in [0.15, 0.2) is 42.5 Å². The Balaban J connectivity index is 1.95. The Morgan fingerprint density at radius 2 is 2.06 bits per heavy atom. The standard InChI is InChI=1S/C14H10FNOS/c15-10-4-5-13-12(8-10)16-14(18-13)7-9-2-1-3-11(17)6-9/h1-6,8,17H,7H2. The van der Waals surface area contributed by atoms with Gasteiger partial charge in [-0.15, -0.1) is 11.3 Å². The zero-order valence-corrected chi connectivity index (χ0v) is 10.2. The van der Waals surface area contributed by atoms with Crippen molar-refractivity contribution in [2.45, 2.75) is 6.42 Å². The molecule has 0 aliphatic rings. The summed E-state index contributed by atoms with van der Waals surface area (Å²) in [7, 11) is 0. The van der Waals surface area contributed by atoms with Crippen LogP contribution >= 0.6 is 11.3 Å². The van der Waals surface area contributed by atoms with Crippen LogP contribution in [0.25, 0.3) is 10.2 Å². The maximum atomic E-state index is 13.1. The van der Waals surface area contributed by atoms with Gasteiger partial charge in [0.15, 0.2) is 0 Å². The quantitative estimate of drug-likeness (QED) is 0.760. The third kappa shape index (κ3) is 2.19. The maximum Gasteiger partial charge on any atom is 0.125 e. The molecule has 2 aromatic carbocycles. The minimum Gasteiger partial charge on any atom is -0.508 e. The number of aromatic nitrogens is 1. The Morgan fingerprint density at radius 3 is 2.89 bits per heavy atom. The van der Waals surface area contributed by atoms with Crippen molar-refractivity contribution in [1.29, 1.82) is 0 Å². The molecule has 0 fully saturated rings. The summed E-state index contributed by atoms with van der Waals surface area (Å²) >= 11 is 1.55. The maximum absolute atomic E-state index is 13.1. The molecule has 0 spiro atoms. The predicted octanol–water partition coefficient (Wildman–Crippen LogP) is 3.73. The molecule has 1 heterocycles. The Bertz CT molecular complexity index is 708. The van der Waals surface area contributed by atoms with Gasteiger partial charge in [0.05, 0.1) is 15.2 Å². The van der Waals surface area contributed by atoms with Crippen LogP contribution in [0.1, 0.15) is 10.6 Å². The van der Waals surface area contributed by atoms with Crippen molar-refractivity contribution in [3.63, 3.8) is 0 Å². The van der Waals surface area contributed by atoms with Crippen molar-refractivity contribution in [1.82, 2.24) is 4.98 Å². The Hall–Kier alpha value is -1.94. The van der Waals surface area contributed by atoms with Gasteiger partial charge in [-0.1, -0.05) is 12.1 Å². The van der Waals surface area contributed by atoms with Crippen molar-refractivity contribution in [3.8, 4) is 5.75 Å². The predicted molar refractivity (Wildman–Crippen MR) is 70.5 cm³/mol. The first-order valence-corrected chi connectivity index (χ1v) is 6.35. The molecule has 3 rings (SSSR count). The molecule has 18 heavy (non-hydrogen) atoms. The molecule has 1 aromatic heterocycles. The lowest BCUT2D eigenvalue weighted by molar-refractivity contribution is 0.474. The van der Waals surface area contributed by atoms with E-state index in [0.29, 0.717) is 11.9 Å². The highest BCUT2D eigenvalue weighted by molar-refractivity contribution is 7.18. The summed E-state index contributed by atoms with van der Waals surface area (Å²) in [6, 6.07) is 11.7. The molecule has 0 saturated heterocycles. The van der Waals surface area contributed by atoms with Crippen molar-refractivity contribution in [2.24, 2.45) is 0 Å². The Morgan fingerprint density at radius 1 is 1.17 bits per heavy atom. The van der Waals surface area contributed by atoms with Gasteiger partial charge in [-0.2, -0.15) is 0 Å². The van der Waals surface area contributed by atoms with Gasteiger partial charge in [0.2, 0.25) is 0 Å². The number of rotatable bonds is 2. The average molecular weight is 259 g/mol. The molecule has 0 radical (unpaired) electrons. The van der Waals surface area contributed by atoms with Crippen molar-refractivity contribution < 1.29 is 9.50 Å². The summed E-state index contributed by atoms with van der Waals surface area (Å²) in [4.78, 5) is 4.40. The van der Waals surface area contributed by atoms with Gasteiger partial charge in [0.25, 0.3) is 0 Å². The molecular weight excluding hydrogens is 249 g/mol. The summed E-state index contributed by atoms with van der Waals surface area (Å²) in [5, 5.41) is 10.3. The fourth-order valence-corrected chi connectivity index (χ4v) is 2.85. The minimum absolute atomic E-state index is 0.250. The van der Waals surface area contributed by atoms with E-state index in [0.717, 1.165) is 15.3 Å². The number of phenols is 1. The van der Waals surface area contributed by atoms with E-state index in [1.54, 1.807) is 35.6 Å². The average Bonchev–Trinajstić information content (AvgIpc) is 2.70. The summed E-state index contributed by atoms with van der Waals surface area (Å²) in [5.41, 5.74) is 1.68. The lowest BCUT2D eigenvalue weighted by Gasteiger charge is -1.98. The fourth-order valence-electron chi connectivity index (χ4n) is 1.86. The third-order valence-corrected chi connectivity index (χ3v) is 3.70. The van der Waals surface area contributed by atoms with Gasteiger partial charge in [-0.05, 0) is 29.8 Å². The highest BCUT2D eigenvalue weighted by Gasteiger charge is 2.06. The smallest absolute Gasteiger partial charge is 0.125 e. The van der Waals surface area contributed by atoms with E-state index in [1.807, 2.05) is 6.07 Å². The van der Waals surface area contributed by atoms with E-state index in [-0.39, 0.29) is 11.6 Å². The van der Waals surface area contributed by atoms with Crippen LogP contribution in [0, 0.1) is 5.82 Å². The number of hydrogen-bond acceptors (Lipinski definition) is 3. The van der Waals surface area contributed by atoms with Crippen molar-refractivity contribution in [3.05, 3.63) is 58.9 Å². The largest absolute Gasteiger partial charge is 0.508 e. The highest BCUT2D eigenvalue weighted by atomic mass is 32.1. The van der Waals surface area contributed by atoms with E-state index < -0.39 is 0 Å². The number of fused-ring (bicyclic) bond motifs is 1. The first-order chi connectivity index (χ1) is 8.70. The fraction of sp³-hybridized carbons (Fsp3) is 0.0714. The van der Waals surface area contributed by atoms with E-state index in [2.05, 4.69) is 4.98 Å². The van der Waals surface area contributed by atoms with Gasteiger partial charge in [-0.3, -0.25) is 0 Å². The zero-order chi connectivity index (χ0) is 12.5. The van der Waals surface area contributed by atoms with Crippen molar-refractivity contribution >= 4 is 21.6 Å². The molecule has 0 aliphatic heterocycles. The van der Waals surface area contributed by atoms with E-state index in [4.69, 9.17) is 0 Å². The van der Waals surface area contributed by atoms with Gasteiger partial charge >= 0.3 is 0 Å². The number of phenolic OH excluding ortho intramolecular Hbond substituents is 1. The zero-order valence-electron chi connectivity index (χ0n) is 9.43. The van der Waals surface area contributed by atoms with Crippen LogP contribution in [-0.2, 0) is 6.42 Å². The number of hydrogen-bond donors (Lipinski definition) is 1. The molecule has 0 bridgehead atoms. The lowest BCUT2D eigenvalue weighted by Crippen LogP contribution is -1.86. The SMILES string of the molecule is Oc1cccc(Cc2nc3cc(F)ccc3s2)c1. The molecule has 3 aromatic rings. The summed E-state index contributed by atoms with van der Waals surface area (Å²) < 4.78 is 14.0. The van der Waals surface area contributed by atoms with Crippen LogP contribution in [0.5, 0.6) is 5.75 Å². The number of halogens is 1. The van der Waals surface area contributed by atoms with Crippen molar-refractivity contribution in [2.75, 3.05) is 0 Å². The van der Waals surface area contributed by atoms with Crippen LogP contribution < -0.4 is 0 Å². The third-order valence-electron chi connectivity index (χ3n) is 2.66. The molecule has 0 unspecified atom stereocenters. The number of nitrogens with zero attached hydrogens (tertiary/aromatic N) is 1. The second-order valence-corrected chi connectivity index (χ2v) is 5.18. The second kappa shape index (κ2) is 4.38. The van der Waals surface area contributed by atoms with Crippen LogP contribution in [0.3, 0.4) is 0 Å². The van der Waals surface area contributed by atoms with E-state index in [9.17, 15) is 9.50 Å².